The normalized spacial score (nSPS) is 11.0. The van der Waals surface area contributed by atoms with Crippen molar-refractivity contribution >= 4 is 23.3 Å². The van der Waals surface area contributed by atoms with E-state index < -0.39 is 0 Å². The minimum atomic E-state index is -0.342. The van der Waals surface area contributed by atoms with Crippen LogP contribution in [0, 0.1) is 25.2 Å². The molecule has 0 bridgehead atoms. The molecule has 0 spiro atoms. The van der Waals surface area contributed by atoms with Crippen molar-refractivity contribution < 1.29 is 4.79 Å². The van der Waals surface area contributed by atoms with Crippen molar-refractivity contribution in [3.8, 4) is 6.07 Å². The molecule has 4 heteroatoms. The Kier molecular flexibility index (Phi) is 4.91. The standard InChI is InChI=1S/C17H16N2OS/c1-12-3-5-14(6-4-12)11-19-17(20)15(10-18)9-16-13(2)7-8-21-16/h3-9H,11H2,1-2H3,(H,19,20). The van der Waals surface area contributed by atoms with Crippen LogP contribution in [0.25, 0.3) is 6.08 Å². The summed E-state index contributed by atoms with van der Waals surface area (Å²) in [7, 11) is 0. The van der Waals surface area contributed by atoms with E-state index in [0.717, 1.165) is 16.0 Å². The van der Waals surface area contributed by atoms with E-state index >= 15 is 0 Å². The summed E-state index contributed by atoms with van der Waals surface area (Å²) >= 11 is 1.52. The van der Waals surface area contributed by atoms with Crippen molar-refractivity contribution in [2.24, 2.45) is 0 Å². The van der Waals surface area contributed by atoms with Crippen molar-refractivity contribution in [1.29, 1.82) is 5.26 Å². The molecular weight excluding hydrogens is 280 g/mol. The lowest BCUT2D eigenvalue weighted by Gasteiger charge is -2.05. The number of amides is 1. The van der Waals surface area contributed by atoms with Crippen molar-refractivity contribution in [3.63, 3.8) is 0 Å². The molecule has 1 aromatic carbocycles. The fourth-order valence-corrected chi connectivity index (χ4v) is 2.65. The van der Waals surface area contributed by atoms with Gasteiger partial charge in [-0.25, -0.2) is 0 Å². The topological polar surface area (TPSA) is 52.9 Å². The summed E-state index contributed by atoms with van der Waals surface area (Å²) in [4.78, 5) is 13.0. The van der Waals surface area contributed by atoms with Crippen LogP contribution < -0.4 is 5.32 Å². The maximum atomic E-state index is 12.1. The summed E-state index contributed by atoms with van der Waals surface area (Å²) in [6.07, 6.45) is 1.64. The quantitative estimate of drug-likeness (QED) is 0.692. The Balaban J connectivity index is 2.04. The first kappa shape index (κ1) is 15.0. The van der Waals surface area contributed by atoms with Gasteiger partial charge in [-0.1, -0.05) is 29.8 Å². The summed E-state index contributed by atoms with van der Waals surface area (Å²) in [5, 5.41) is 13.9. The number of thiophene rings is 1. The number of rotatable bonds is 4. The highest BCUT2D eigenvalue weighted by molar-refractivity contribution is 7.11. The van der Waals surface area contributed by atoms with E-state index in [2.05, 4.69) is 5.32 Å². The largest absolute Gasteiger partial charge is 0.347 e. The van der Waals surface area contributed by atoms with Crippen LogP contribution in [0.2, 0.25) is 0 Å². The van der Waals surface area contributed by atoms with Gasteiger partial charge in [-0.15, -0.1) is 11.3 Å². The molecule has 2 aromatic rings. The van der Waals surface area contributed by atoms with Crippen LogP contribution in [0.1, 0.15) is 21.6 Å². The van der Waals surface area contributed by atoms with E-state index in [1.54, 1.807) is 6.08 Å². The van der Waals surface area contributed by atoms with Gasteiger partial charge in [-0.3, -0.25) is 4.79 Å². The first-order valence-electron chi connectivity index (χ1n) is 6.60. The second kappa shape index (κ2) is 6.87. The van der Waals surface area contributed by atoms with Gasteiger partial charge in [0.05, 0.1) is 0 Å². The molecule has 2 rings (SSSR count). The van der Waals surface area contributed by atoms with Crippen molar-refractivity contribution in [3.05, 3.63) is 62.9 Å². The first-order valence-corrected chi connectivity index (χ1v) is 7.48. The summed E-state index contributed by atoms with van der Waals surface area (Å²) in [5.41, 5.74) is 3.39. The predicted octanol–water partition coefficient (Wildman–Crippen LogP) is 3.59. The van der Waals surface area contributed by atoms with Crippen LogP contribution in [0.15, 0.2) is 41.3 Å². The average molecular weight is 296 g/mol. The molecule has 0 atom stereocenters. The molecule has 1 N–H and O–H groups in total. The number of aryl methyl sites for hydroxylation is 2. The first-order chi connectivity index (χ1) is 10.1. The van der Waals surface area contributed by atoms with E-state index in [0.29, 0.717) is 6.54 Å². The van der Waals surface area contributed by atoms with Crippen LogP contribution in [-0.2, 0) is 11.3 Å². The molecule has 1 aromatic heterocycles. The smallest absolute Gasteiger partial charge is 0.262 e. The molecule has 0 saturated carbocycles. The van der Waals surface area contributed by atoms with E-state index in [9.17, 15) is 4.79 Å². The number of hydrogen-bond donors (Lipinski definition) is 1. The van der Waals surface area contributed by atoms with Crippen molar-refractivity contribution in [1.82, 2.24) is 5.32 Å². The Bertz CT molecular complexity index is 705. The second-order valence-electron chi connectivity index (χ2n) is 4.81. The zero-order valence-corrected chi connectivity index (χ0v) is 12.8. The highest BCUT2D eigenvalue weighted by atomic mass is 32.1. The Morgan fingerprint density at radius 2 is 2.00 bits per heavy atom. The van der Waals surface area contributed by atoms with E-state index in [4.69, 9.17) is 5.26 Å². The molecule has 1 heterocycles. The third-order valence-electron chi connectivity index (χ3n) is 3.12. The van der Waals surface area contributed by atoms with Gasteiger partial charge in [0.1, 0.15) is 11.6 Å². The number of nitriles is 1. The summed E-state index contributed by atoms with van der Waals surface area (Å²) in [5.74, 6) is -0.342. The van der Waals surface area contributed by atoms with Crippen molar-refractivity contribution in [2.45, 2.75) is 20.4 Å². The Morgan fingerprint density at radius 3 is 2.57 bits per heavy atom. The van der Waals surface area contributed by atoms with Crippen LogP contribution in [0.3, 0.4) is 0 Å². The highest BCUT2D eigenvalue weighted by Gasteiger charge is 2.09. The molecule has 0 radical (unpaired) electrons. The highest BCUT2D eigenvalue weighted by Crippen LogP contribution is 2.19. The molecule has 0 fully saturated rings. The van der Waals surface area contributed by atoms with Gasteiger partial charge in [0.25, 0.3) is 5.91 Å². The Morgan fingerprint density at radius 1 is 1.29 bits per heavy atom. The molecule has 0 saturated heterocycles. The number of hydrogen-bond acceptors (Lipinski definition) is 3. The van der Waals surface area contributed by atoms with Crippen LogP contribution in [-0.4, -0.2) is 5.91 Å². The molecule has 21 heavy (non-hydrogen) atoms. The third kappa shape index (κ3) is 4.04. The van der Waals surface area contributed by atoms with E-state index in [1.165, 1.54) is 16.9 Å². The number of nitrogens with one attached hydrogen (secondary N) is 1. The van der Waals surface area contributed by atoms with Gasteiger partial charge in [0.2, 0.25) is 0 Å². The van der Waals surface area contributed by atoms with Crippen LogP contribution in [0.5, 0.6) is 0 Å². The molecule has 0 aliphatic heterocycles. The lowest BCUT2D eigenvalue weighted by atomic mass is 10.1. The Labute approximate surface area is 128 Å². The molecule has 0 aliphatic carbocycles. The van der Waals surface area contributed by atoms with Gasteiger partial charge in [-0.05, 0) is 42.5 Å². The lowest BCUT2D eigenvalue weighted by molar-refractivity contribution is -0.117. The van der Waals surface area contributed by atoms with Gasteiger partial charge < -0.3 is 5.32 Å². The maximum absolute atomic E-state index is 12.1. The maximum Gasteiger partial charge on any atom is 0.262 e. The van der Waals surface area contributed by atoms with Crippen molar-refractivity contribution in [2.75, 3.05) is 0 Å². The van der Waals surface area contributed by atoms with E-state index in [-0.39, 0.29) is 11.5 Å². The SMILES string of the molecule is Cc1ccc(CNC(=O)C(C#N)=Cc2sccc2C)cc1. The molecule has 106 valence electrons. The summed E-state index contributed by atoms with van der Waals surface area (Å²) in [6.45, 7) is 4.39. The van der Waals surface area contributed by atoms with Crippen LogP contribution >= 0.6 is 11.3 Å². The minimum absolute atomic E-state index is 0.132. The second-order valence-corrected chi connectivity index (χ2v) is 5.75. The molecular formula is C17H16N2OS. The van der Waals surface area contributed by atoms with E-state index in [1.807, 2.05) is 55.6 Å². The molecule has 1 amide bonds. The minimum Gasteiger partial charge on any atom is -0.347 e. The number of nitrogens with zero attached hydrogens (tertiary/aromatic N) is 1. The van der Waals surface area contributed by atoms with Gasteiger partial charge in [0, 0.05) is 11.4 Å². The third-order valence-corrected chi connectivity index (χ3v) is 4.08. The van der Waals surface area contributed by atoms with Crippen LogP contribution in [0.4, 0.5) is 0 Å². The fourth-order valence-electron chi connectivity index (χ4n) is 1.80. The summed E-state index contributed by atoms with van der Waals surface area (Å²) in [6, 6.07) is 11.9. The van der Waals surface area contributed by atoms with Gasteiger partial charge in [-0.2, -0.15) is 5.26 Å². The van der Waals surface area contributed by atoms with Gasteiger partial charge in [0.15, 0.2) is 0 Å². The fraction of sp³-hybridized carbons (Fsp3) is 0.176. The Hall–Kier alpha value is -2.38. The predicted molar refractivity (Wildman–Crippen MR) is 85.7 cm³/mol. The zero-order valence-electron chi connectivity index (χ0n) is 12.0. The molecule has 3 nitrogen and oxygen atoms in total. The number of carbonyl (C=O) groups excluding carboxylic acids is 1. The molecule has 0 unspecified atom stereocenters. The summed E-state index contributed by atoms with van der Waals surface area (Å²) < 4.78 is 0. The average Bonchev–Trinajstić information content (AvgIpc) is 2.89. The number of benzene rings is 1. The zero-order chi connectivity index (χ0) is 15.2. The monoisotopic (exact) mass is 296 g/mol. The molecule has 0 aliphatic rings. The van der Waals surface area contributed by atoms with Gasteiger partial charge >= 0.3 is 0 Å². The number of carbonyl (C=O) groups is 1. The lowest BCUT2D eigenvalue weighted by Crippen LogP contribution is -2.23.